The third kappa shape index (κ3) is 3.88. The number of aryl methyl sites for hydroxylation is 1. The molecule has 0 aliphatic heterocycles. The number of nitrogens with zero attached hydrogens (tertiary/aromatic N) is 3. The highest BCUT2D eigenvalue weighted by Crippen LogP contribution is 2.24. The summed E-state index contributed by atoms with van der Waals surface area (Å²) in [6, 6.07) is 13.3. The number of hydrogen-bond donors (Lipinski definition) is 1. The first-order valence-corrected chi connectivity index (χ1v) is 8.45. The number of hydrazone groups is 1. The van der Waals surface area contributed by atoms with Crippen LogP contribution in [-0.4, -0.2) is 28.8 Å². The molecule has 1 heterocycles. The standard InChI is InChI=1S/C18H17BrN4O2/c1-12-21-15-5-3-4-6-16(15)23(12)11-18(24)22-20-10-13-7-8-17(25-2)14(19)9-13/h3-10H,11H2,1-2H3,(H,22,24)/b20-10-. The van der Waals surface area contributed by atoms with Crippen molar-refractivity contribution in [3.63, 3.8) is 0 Å². The third-order valence-electron chi connectivity index (χ3n) is 3.73. The maximum atomic E-state index is 12.2. The smallest absolute Gasteiger partial charge is 0.260 e. The summed E-state index contributed by atoms with van der Waals surface area (Å²) in [5.41, 5.74) is 5.19. The first kappa shape index (κ1) is 17.2. The van der Waals surface area contributed by atoms with Crippen LogP contribution in [0, 0.1) is 6.92 Å². The molecule has 6 nitrogen and oxygen atoms in total. The molecule has 3 aromatic rings. The quantitative estimate of drug-likeness (QED) is 0.527. The van der Waals surface area contributed by atoms with Gasteiger partial charge in [-0.25, -0.2) is 10.4 Å². The fourth-order valence-electron chi connectivity index (χ4n) is 2.52. The predicted octanol–water partition coefficient (Wildman–Crippen LogP) is 3.27. The molecule has 1 N–H and O–H groups in total. The Morgan fingerprint density at radius 1 is 1.36 bits per heavy atom. The largest absolute Gasteiger partial charge is 0.496 e. The van der Waals surface area contributed by atoms with Gasteiger partial charge in [0, 0.05) is 0 Å². The lowest BCUT2D eigenvalue weighted by Crippen LogP contribution is -2.23. The minimum atomic E-state index is -0.213. The van der Waals surface area contributed by atoms with Crippen molar-refractivity contribution in [3.05, 3.63) is 58.3 Å². The van der Waals surface area contributed by atoms with E-state index in [-0.39, 0.29) is 12.5 Å². The summed E-state index contributed by atoms with van der Waals surface area (Å²) in [5.74, 6) is 1.32. The molecular weight excluding hydrogens is 384 g/mol. The summed E-state index contributed by atoms with van der Waals surface area (Å²) >= 11 is 3.41. The number of aromatic nitrogens is 2. The first-order valence-electron chi connectivity index (χ1n) is 7.66. The highest BCUT2D eigenvalue weighted by molar-refractivity contribution is 9.10. The second-order valence-electron chi connectivity index (χ2n) is 5.42. The summed E-state index contributed by atoms with van der Waals surface area (Å²) < 4.78 is 7.87. The van der Waals surface area contributed by atoms with Crippen LogP contribution in [0.25, 0.3) is 11.0 Å². The molecule has 1 amide bonds. The normalized spacial score (nSPS) is 11.2. The van der Waals surface area contributed by atoms with Gasteiger partial charge in [-0.1, -0.05) is 12.1 Å². The lowest BCUT2D eigenvalue weighted by Gasteiger charge is -2.05. The van der Waals surface area contributed by atoms with Crippen molar-refractivity contribution >= 4 is 39.1 Å². The maximum Gasteiger partial charge on any atom is 0.260 e. The van der Waals surface area contributed by atoms with Gasteiger partial charge < -0.3 is 9.30 Å². The molecule has 0 aliphatic carbocycles. The summed E-state index contributed by atoms with van der Waals surface area (Å²) in [4.78, 5) is 16.6. The molecule has 0 bridgehead atoms. The van der Waals surface area contributed by atoms with Gasteiger partial charge in [0.05, 0.1) is 28.8 Å². The Morgan fingerprint density at radius 2 is 2.16 bits per heavy atom. The van der Waals surface area contributed by atoms with Gasteiger partial charge in [0.1, 0.15) is 18.1 Å². The number of methoxy groups -OCH3 is 1. The number of nitrogens with one attached hydrogen (secondary N) is 1. The highest BCUT2D eigenvalue weighted by atomic mass is 79.9. The number of rotatable bonds is 5. The number of imidazole rings is 1. The van der Waals surface area contributed by atoms with E-state index in [1.54, 1.807) is 13.3 Å². The summed E-state index contributed by atoms with van der Waals surface area (Å²) in [6.45, 7) is 2.04. The molecular formula is C18H17BrN4O2. The van der Waals surface area contributed by atoms with Crippen molar-refractivity contribution in [1.82, 2.24) is 15.0 Å². The molecule has 0 radical (unpaired) electrons. The number of carbonyl (C=O) groups excluding carboxylic acids is 1. The number of ether oxygens (including phenoxy) is 1. The number of fused-ring (bicyclic) bond motifs is 1. The summed E-state index contributed by atoms with van der Waals surface area (Å²) in [5, 5.41) is 4.01. The first-order chi connectivity index (χ1) is 12.1. The number of benzene rings is 2. The third-order valence-corrected chi connectivity index (χ3v) is 4.35. The minimum Gasteiger partial charge on any atom is -0.496 e. The van der Waals surface area contributed by atoms with Gasteiger partial charge >= 0.3 is 0 Å². The monoisotopic (exact) mass is 400 g/mol. The lowest BCUT2D eigenvalue weighted by molar-refractivity contribution is -0.121. The Bertz CT molecular complexity index is 949. The number of hydrogen-bond acceptors (Lipinski definition) is 4. The Balaban J connectivity index is 1.66. The second kappa shape index (κ2) is 7.48. The van der Waals surface area contributed by atoms with E-state index in [0.717, 1.165) is 32.6 Å². The van der Waals surface area contributed by atoms with E-state index in [1.807, 2.05) is 54.0 Å². The van der Waals surface area contributed by atoms with Gasteiger partial charge in [-0.3, -0.25) is 4.79 Å². The maximum absolute atomic E-state index is 12.2. The fourth-order valence-corrected chi connectivity index (χ4v) is 3.07. The summed E-state index contributed by atoms with van der Waals surface area (Å²) in [7, 11) is 1.61. The van der Waals surface area contributed by atoms with Crippen molar-refractivity contribution in [2.75, 3.05) is 7.11 Å². The topological polar surface area (TPSA) is 68.5 Å². The Morgan fingerprint density at radius 3 is 2.92 bits per heavy atom. The van der Waals surface area contributed by atoms with Gasteiger partial charge in [0.25, 0.3) is 5.91 Å². The molecule has 2 aromatic carbocycles. The van der Waals surface area contributed by atoms with Crippen LogP contribution in [0.15, 0.2) is 52.0 Å². The number of para-hydroxylation sites is 2. The van der Waals surface area contributed by atoms with Crippen molar-refractivity contribution in [2.24, 2.45) is 5.10 Å². The van der Waals surface area contributed by atoms with Crippen LogP contribution in [0.2, 0.25) is 0 Å². The van der Waals surface area contributed by atoms with Crippen molar-refractivity contribution in [1.29, 1.82) is 0 Å². The second-order valence-corrected chi connectivity index (χ2v) is 6.28. The average molecular weight is 401 g/mol. The van der Waals surface area contributed by atoms with E-state index < -0.39 is 0 Å². The average Bonchev–Trinajstić information content (AvgIpc) is 2.91. The van der Waals surface area contributed by atoms with E-state index >= 15 is 0 Å². The molecule has 0 spiro atoms. The molecule has 7 heteroatoms. The molecule has 0 aliphatic rings. The van der Waals surface area contributed by atoms with E-state index in [2.05, 4.69) is 31.4 Å². The van der Waals surface area contributed by atoms with E-state index in [1.165, 1.54) is 0 Å². The van der Waals surface area contributed by atoms with Crippen molar-refractivity contribution in [2.45, 2.75) is 13.5 Å². The number of halogens is 1. The lowest BCUT2D eigenvalue weighted by atomic mass is 10.2. The predicted molar refractivity (Wildman–Crippen MR) is 101 cm³/mol. The van der Waals surface area contributed by atoms with Crippen LogP contribution in [-0.2, 0) is 11.3 Å². The molecule has 1 aromatic heterocycles. The van der Waals surface area contributed by atoms with Crippen LogP contribution >= 0.6 is 15.9 Å². The SMILES string of the molecule is COc1ccc(/C=N\NC(=O)Cn2c(C)nc3ccccc32)cc1Br. The molecule has 0 saturated heterocycles. The highest BCUT2D eigenvalue weighted by Gasteiger charge is 2.10. The van der Waals surface area contributed by atoms with Gasteiger partial charge in [-0.15, -0.1) is 0 Å². The van der Waals surface area contributed by atoms with Gasteiger partial charge in [-0.05, 0) is 58.7 Å². The zero-order valence-corrected chi connectivity index (χ0v) is 15.4. The van der Waals surface area contributed by atoms with Gasteiger partial charge in [-0.2, -0.15) is 5.10 Å². The van der Waals surface area contributed by atoms with Crippen LogP contribution in [0.5, 0.6) is 5.75 Å². The van der Waals surface area contributed by atoms with Crippen LogP contribution in [0.4, 0.5) is 0 Å². The number of carbonyl (C=O) groups is 1. The fraction of sp³-hybridized carbons (Fsp3) is 0.167. The zero-order chi connectivity index (χ0) is 17.8. The van der Waals surface area contributed by atoms with Gasteiger partial charge in [0.2, 0.25) is 0 Å². The zero-order valence-electron chi connectivity index (χ0n) is 13.9. The van der Waals surface area contributed by atoms with Gasteiger partial charge in [0.15, 0.2) is 0 Å². The molecule has 0 atom stereocenters. The Hall–Kier alpha value is -2.67. The van der Waals surface area contributed by atoms with Crippen LogP contribution in [0.3, 0.4) is 0 Å². The molecule has 0 unspecified atom stereocenters. The molecule has 0 saturated carbocycles. The summed E-state index contributed by atoms with van der Waals surface area (Å²) in [6.07, 6.45) is 1.58. The Kier molecular flexibility index (Phi) is 5.14. The van der Waals surface area contributed by atoms with E-state index in [4.69, 9.17) is 4.74 Å². The van der Waals surface area contributed by atoms with E-state index in [0.29, 0.717) is 0 Å². The van der Waals surface area contributed by atoms with Crippen molar-refractivity contribution < 1.29 is 9.53 Å². The Labute approximate surface area is 153 Å². The van der Waals surface area contributed by atoms with Crippen LogP contribution < -0.4 is 10.2 Å². The molecule has 3 rings (SSSR count). The van der Waals surface area contributed by atoms with E-state index in [9.17, 15) is 4.79 Å². The molecule has 0 fully saturated rings. The molecule has 128 valence electrons. The van der Waals surface area contributed by atoms with Crippen molar-refractivity contribution in [3.8, 4) is 5.75 Å². The molecule has 25 heavy (non-hydrogen) atoms. The number of amides is 1. The minimum absolute atomic E-state index is 0.163. The van der Waals surface area contributed by atoms with Crippen LogP contribution in [0.1, 0.15) is 11.4 Å².